The SMILES string of the molecule is CCC(C)C(NC(=O)CNC(=O)C(C)NC(=O)CNC(=O)C(N)Cc1ccccc1)C(=O)O. The van der Waals surface area contributed by atoms with Crippen molar-refractivity contribution in [3.63, 3.8) is 0 Å². The van der Waals surface area contributed by atoms with E-state index < -0.39 is 54.3 Å². The third kappa shape index (κ3) is 10.1. The molecule has 4 atom stereocenters. The molecular formula is C22H33N5O6. The van der Waals surface area contributed by atoms with Gasteiger partial charge in [0.25, 0.3) is 0 Å². The summed E-state index contributed by atoms with van der Waals surface area (Å²) in [4.78, 5) is 59.4. The van der Waals surface area contributed by atoms with Crippen LogP contribution >= 0.6 is 0 Å². The van der Waals surface area contributed by atoms with Crippen LogP contribution in [0, 0.1) is 5.92 Å². The fourth-order valence-electron chi connectivity index (χ4n) is 2.85. The molecular weight excluding hydrogens is 430 g/mol. The molecule has 11 heteroatoms. The zero-order chi connectivity index (χ0) is 25.0. The van der Waals surface area contributed by atoms with Gasteiger partial charge in [-0.25, -0.2) is 4.79 Å². The quantitative estimate of drug-likeness (QED) is 0.215. The van der Waals surface area contributed by atoms with Gasteiger partial charge in [0.05, 0.1) is 19.1 Å². The average molecular weight is 464 g/mol. The lowest BCUT2D eigenvalue weighted by atomic mass is 9.99. The molecule has 1 aromatic rings. The summed E-state index contributed by atoms with van der Waals surface area (Å²) < 4.78 is 0. The van der Waals surface area contributed by atoms with Gasteiger partial charge in [0.1, 0.15) is 12.1 Å². The maximum Gasteiger partial charge on any atom is 0.326 e. The number of hydrogen-bond acceptors (Lipinski definition) is 6. The topological polar surface area (TPSA) is 180 Å². The highest BCUT2D eigenvalue weighted by atomic mass is 16.4. The molecule has 4 amide bonds. The van der Waals surface area contributed by atoms with E-state index >= 15 is 0 Å². The summed E-state index contributed by atoms with van der Waals surface area (Å²) >= 11 is 0. The Labute approximate surface area is 192 Å². The van der Waals surface area contributed by atoms with Gasteiger partial charge in [-0.15, -0.1) is 0 Å². The molecule has 182 valence electrons. The van der Waals surface area contributed by atoms with Crippen molar-refractivity contribution in [2.45, 2.75) is 51.7 Å². The first-order chi connectivity index (χ1) is 15.5. The van der Waals surface area contributed by atoms with E-state index in [0.717, 1.165) is 5.56 Å². The van der Waals surface area contributed by atoms with Crippen molar-refractivity contribution >= 4 is 29.6 Å². The van der Waals surface area contributed by atoms with Gasteiger partial charge in [0.15, 0.2) is 0 Å². The Kier molecular flexibility index (Phi) is 11.6. The molecule has 0 aliphatic carbocycles. The Balaban J connectivity index is 2.38. The zero-order valence-corrected chi connectivity index (χ0v) is 19.1. The van der Waals surface area contributed by atoms with Crippen LogP contribution in [0.5, 0.6) is 0 Å². The number of hydrogen-bond donors (Lipinski definition) is 6. The molecule has 0 saturated heterocycles. The van der Waals surface area contributed by atoms with Crippen LogP contribution in [0.3, 0.4) is 0 Å². The molecule has 4 unspecified atom stereocenters. The van der Waals surface area contributed by atoms with E-state index in [0.29, 0.717) is 12.8 Å². The van der Waals surface area contributed by atoms with Crippen molar-refractivity contribution in [1.29, 1.82) is 0 Å². The van der Waals surface area contributed by atoms with Gasteiger partial charge in [-0.1, -0.05) is 50.6 Å². The highest BCUT2D eigenvalue weighted by Gasteiger charge is 2.25. The number of carboxylic acids is 1. The van der Waals surface area contributed by atoms with Gasteiger partial charge >= 0.3 is 5.97 Å². The summed E-state index contributed by atoms with van der Waals surface area (Å²) in [6, 6.07) is 6.32. The number of aliphatic carboxylic acids is 1. The van der Waals surface area contributed by atoms with Crippen LogP contribution in [0.4, 0.5) is 0 Å². The highest BCUT2D eigenvalue weighted by Crippen LogP contribution is 2.07. The molecule has 0 spiro atoms. The number of carbonyl (C=O) groups excluding carboxylic acids is 4. The van der Waals surface area contributed by atoms with Gasteiger partial charge < -0.3 is 32.1 Å². The van der Waals surface area contributed by atoms with Gasteiger partial charge in [-0.3, -0.25) is 19.2 Å². The Morgan fingerprint density at radius 2 is 1.45 bits per heavy atom. The average Bonchev–Trinajstić information content (AvgIpc) is 2.79. The van der Waals surface area contributed by atoms with Crippen molar-refractivity contribution in [3.05, 3.63) is 35.9 Å². The molecule has 0 aliphatic heterocycles. The molecule has 0 aliphatic rings. The van der Waals surface area contributed by atoms with Gasteiger partial charge in [-0.2, -0.15) is 0 Å². The van der Waals surface area contributed by atoms with Crippen molar-refractivity contribution in [2.75, 3.05) is 13.1 Å². The second-order valence-electron chi connectivity index (χ2n) is 7.79. The number of nitrogens with one attached hydrogen (secondary N) is 4. The first-order valence-electron chi connectivity index (χ1n) is 10.7. The van der Waals surface area contributed by atoms with Crippen molar-refractivity contribution in [2.24, 2.45) is 11.7 Å². The van der Waals surface area contributed by atoms with Crippen LogP contribution < -0.4 is 27.0 Å². The first kappa shape index (κ1) is 27.6. The molecule has 0 bridgehead atoms. The Bertz CT molecular complexity index is 832. The number of benzene rings is 1. The van der Waals surface area contributed by atoms with E-state index in [9.17, 15) is 29.1 Å². The minimum Gasteiger partial charge on any atom is -0.480 e. The molecule has 1 aromatic carbocycles. The molecule has 33 heavy (non-hydrogen) atoms. The predicted molar refractivity (Wildman–Crippen MR) is 121 cm³/mol. The summed E-state index contributed by atoms with van der Waals surface area (Å²) in [6.07, 6.45) is 0.870. The van der Waals surface area contributed by atoms with Crippen molar-refractivity contribution < 1.29 is 29.1 Å². The molecule has 0 radical (unpaired) electrons. The normalized spacial score (nSPS) is 14.2. The highest BCUT2D eigenvalue weighted by molar-refractivity contribution is 5.93. The summed E-state index contributed by atoms with van der Waals surface area (Å²) in [5, 5.41) is 18.7. The summed E-state index contributed by atoms with van der Waals surface area (Å²) in [5.41, 5.74) is 6.74. The second-order valence-corrected chi connectivity index (χ2v) is 7.79. The van der Waals surface area contributed by atoms with E-state index in [2.05, 4.69) is 21.3 Å². The Morgan fingerprint density at radius 1 is 0.909 bits per heavy atom. The third-order valence-corrected chi connectivity index (χ3v) is 5.05. The summed E-state index contributed by atoms with van der Waals surface area (Å²) in [6.45, 7) is 4.10. The second kappa shape index (κ2) is 13.8. The number of rotatable bonds is 13. The Hall–Kier alpha value is -3.47. The number of carbonyl (C=O) groups is 5. The van der Waals surface area contributed by atoms with Crippen LogP contribution in [0.25, 0.3) is 0 Å². The van der Waals surface area contributed by atoms with Crippen LogP contribution in [0.15, 0.2) is 30.3 Å². The zero-order valence-electron chi connectivity index (χ0n) is 19.1. The summed E-state index contributed by atoms with van der Waals surface area (Å²) in [7, 11) is 0. The smallest absolute Gasteiger partial charge is 0.326 e. The minimum atomic E-state index is -1.16. The molecule has 1 rings (SSSR count). The lowest BCUT2D eigenvalue weighted by molar-refractivity contribution is -0.143. The molecule has 11 nitrogen and oxygen atoms in total. The third-order valence-electron chi connectivity index (χ3n) is 5.05. The largest absolute Gasteiger partial charge is 0.480 e. The van der Waals surface area contributed by atoms with E-state index in [4.69, 9.17) is 5.73 Å². The maximum absolute atomic E-state index is 12.1. The first-order valence-corrected chi connectivity index (χ1v) is 10.7. The lowest BCUT2D eigenvalue weighted by Crippen LogP contribution is -2.52. The van der Waals surface area contributed by atoms with E-state index in [1.165, 1.54) is 6.92 Å². The van der Waals surface area contributed by atoms with E-state index in [1.807, 2.05) is 30.3 Å². The van der Waals surface area contributed by atoms with Gasteiger partial charge in [0, 0.05) is 0 Å². The maximum atomic E-state index is 12.1. The van der Waals surface area contributed by atoms with Crippen LogP contribution in [-0.4, -0.2) is 65.9 Å². The lowest BCUT2D eigenvalue weighted by Gasteiger charge is -2.20. The molecule has 0 fully saturated rings. The number of nitrogens with two attached hydrogens (primary N) is 1. The van der Waals surface area contributed by atoms with Crippen LogP contribution in [-0.2, 0) is 30.4 Å². The van der Waals surface area contributed by atoms with E-state index in [-0.39, 0.29) is 12.5 Å². The molecule has 0 heterocycles. The van der Waals surface area contributed by atoms with Gasteiger partial charge in [0.2, 0.25) is 23.6 Å². The number of amides is 4. The predicted octanol–water partition coefficient (Wildman–Crippen LogP) is -1.09. The monoisotopic (exact) mass is 463 g/mol. The fraction of sp³-hybridized carbons (Fsp3) is 0.500. The van der Waals surface area contributed by atoms with Crippen molar-refractivity contribution in [1.82, 2.24) is 21.3 Å². The van der Waals surface area contributed by atoms with Gasteiger partial charge in [-0.05, 0) is 24.8 Å². The molecule has 0 aromatic heterocycles. The fourth-order valence-corrected chi connectivity index (χ4v) is 2.85. The standard InChI is InChI=1S/C22H33N5O6/c1-4-13(2)19(22(32)33)27-18(29)12-24-20(30)14(3)26-17(28)11-25-21(31)16(23)10-15-8-6-5-7-9-15/h5-9,13-14,16,19H,4,10-12,23H2,1-3H3,(H,24,30)(H,25,31)(H,26,28)(H,27,29)(H,32,33). The van der Waals surface area contributed by atoms with Crippen LogP contribution in [0.2, 0.25) is 0 Å². The Morgan fingerprint density at radius 3 is 2.00 bits per heavy atom. The van der Waals surface area contributed by atoms with Crippen molar-refractivity contribution in [3.8, 4) is 0 Å². The number of carboxylic acid groups (broad SMARTS) is 1. The molecule has 0 saturated carbocycles. The van der Waals surface area contributed by atoms with Crippen LogP contribution in [0.1, 0.15) is 32.8 Å². The van der Waals surface area contributed by atoms with E-state index in [1.54, 1.807) is 13.8 Å². The molecule has 7 N–H and O–H groups in total. The summed E-state index contributed by atoms with van der Waals surface area (Å²) in [5.74, 6) is -3.84. The minimum absolute atomic E-state index is 0.281.